The third-order valence-corrected chi connectivity index (χ3v) is 3.95. The Morgan fingerprint density at radius 2 is 1.73 bits per heavy atom. The van der Waals surface area contributed by atoms with Crippen LogP contribution >= 0.6 is 0 Å². The molecule has 1 saturated heterocycles. The molecule has 1 saturated carbocycles. The smallest absolute Gasteiger partial charge is 0.309 e. The lowest BCUT2D eigenvalue weighted by Crippen LogP contribution is -2.28. The second kappa shape index (κ2) is 4.97. The van der Waals surface area contributed by atoms with Crippen molar-refractivity contribution in [2.24, 2.45) is 17.8 Å². The van der Waals surface area contributed by atoms with Crippen LogP contribution in [0.2, 0.25) is 0 Å². The molecule has 0 spiro atoms. The molecule has 2 aliphatic rings. The molecule has 0 amide bonds. The molecule has 3 heteroatoms. The zero-order valence-corrected chi connectivity index (χ0v) is 9.15. The van der Waals surface area contributed by atoms with Crippen LogP contribution in [0.1, 0.15) is 38.5 Å². The molecule has 2 rings (SSSR count). The van der Waals surface area contributed by atoms with E-state index in [9.17, 15) is 4.79 Å². The van der Waals surface area contributed by atoms with E-state index in [1.165, 1.54) is 38.5 Å². The van der Waals surface area contributed by atoms with Crippen molar-refractivity contribution in [2.75, 3.05) is 13.2 Å². The molecule has 1 heterocycles. The minimum absolute atomic E-state index is 0.243. The van der Waals surface area contributed by atoms with E-state index in [-0.39, 0.29) is 11.8 Å². The van der Waals surface area contributed by atoms with Crippen LogP contribution in [0, 0.1) is 17.8 Å². The van der Waals surface area contributed by atoms with E-state index >= 15 is 0 Å². The van der Waals surface area contributed by atoms with Gasteiger partial charge in [-0.15, -0.1) is 0 Å². The van der Waals surface area contributed by atoms with Gasteiger partial charge in [0.2, 0.25) is 0 Å². The molecular weight excluding hydrogens is 192 g/mol. The zero-order chi connectivity index (χ0) is 10.7. The van der Waals surface area contributed by atoms with Crippen LogP contribution in [0.3, 0.4) is 0 Å². The van der Waals surface area contributed by atoms with Gasteiger partial charge in [0.1, 0.15) is 0 Å². The van der Waals surface area contributed by atoms with Crippen LogP contribution in [0.25, 0.3) is 0 Å². The number of hydrogen-bond acceptors (Lipinski definition) is 2. The molecule has 2 fully saturated rings. The topological polar surface area (TPSA) is 46.5 Å². The third-order valence-electron chi connectivity index (χ3n) is 3.95. The first-order valence-electron chi connectivity index (χ1n) is 6.09. The molecule has 2 atom stereocenters. The van der Waals surface area contributed by atoms with E-state index in [4.69, 9.17) is 9.84 Å². The predicted octanol–water partition coefficient (Wildman–Crippen LogP) is 2.30. The quantitative estimate of drug-likeness (QED) is 0.714. The molecule has 3 nitrogen and oxygen atoms in total. The first kappa shape index (κ1) is 10.9. The minimum atomic E-state index is -0.665. The highest BCUT2D eigenvalue weighted by Gasteiger charge is 2.38. The van der Waals surface area contributed by atoms with Crippen molar-refractivity contribution in [2.45, 2.75) is 38.5 Å². The second-order valence-corrected chi connectivity index (χ2v) is 4.90. The summed E-state index contributed by atoms with van der Waals surface area (Å²) >= 11 is 0. The highest BCUT2D eigenvalue weighted by molar-refractivity contribution is 5.70. The molecule has 2 unspecified atom stereocenters. The van der Waals surface area contributed by atoms with Crippen LogP contribution in [0.5, 0.6) is 0 Å². The van der Waals surface area contributed by atoms with Crippen LogP contribution in [-0.2, 0) is 9.53 Å². The van der Waals surface area contributed by atoms with Gasteiger partial charge in [0.15, 0.2) is 0 Å². The van der Waals surface area contributed by atoms with Gasteiger partial charge in [0, 0.05) is 5.92 Å². The Balaban J connectivity index is 1.97. The van der Waals surface area contributed by atoms with E-state index < -0.39 is 5.97 Å². The lowest BCUT2D eigenvalue weighted by Gasteiger charge is -2.23. The Morgan fingerprint density at radius 3 is 2.33 bits per heavy atom. The summed E-state index contributed by atoms with van der Waals surface area (Å²) in [7, 11) is 0. The van der Waals surface area contributed by atoms with Crippen LogP contribution in [0.15, 0.2) is 0 Å². The fourth-order valence-corrected chi connectivity index (χ4v) is 3.03. The summed E-state index contributed by atoms with van der Waals surface area (Å²) in [5.41, 5.74) is 0. The summed E-state index contributed by atoms with van der Waals surface area (Å²) in [4.78, 5) is 11.1. The fraction of sp³-hybridized carbons (Fsp3) is 0.917. The summed E-state index contributed by atoms with van der Waals surface area (Å²) in [6, 6.07) is 0. The summed E-state index contributed by atoms with van der Waals surface area (Å²) in [5, 5.41) is 9.10. The van der Waals surface area contributed by atoms with Crippen molar-refractivity contribution in [1.29, 1.82) is 0 Å². The van der Waals surface area contributed by atoms with Gasteiger partial charge in [0.05, 0.1) is 19.1 Å². The van der Waals surface area contributed by atoms with E-state index in [0.717, 1.165) is 0 Å². The molecular formula is C12H20O3. The molecule has 0 aromatic rings. The third kappa shape index (κ3) is 2.51. The van der Waals surface area contributed by atoms with Gasteiger partial charge in [-0.2, -0.15) is 0 Å². The molecule has 0 radical (unpaired) electrons. The van der Waals surface area contributed by atoms with Gasteiger partial charge in [-0.05, 0) is 5.92 Å². The van der Waals surface area contributed by atoms with Crippen LogP contribution < -0.4 is 0 Å². The molecule has 0 bridgehead atoms. The average molecular weight is 212 g/mol. The standard InChI is InChI=1S/C12H20O3/c13-12(14)11-8-15-7-10(11)9-5-3-1-2-4-6-9/h9-11H,1-8H2,(H,13,14). The summed E-state index contributed by atoms with van der Waals surface area (Å²) in [6.07, 6.45) is 7.60. The minimum Gasteiger partial charge on any atom is -0.481 e. The van der Waals surface area contributed by atoms with Gasteiger partial charge in [0.25, 0.3) is 0 Å². The number of rotatable bonds is 2. The first-order valence-corrected chi connectivity index (χ1v) is 6.09. The highest BCUT2D eigenvalue weighted by Crippen LogP contribution is 2.36. The average Bonchev–Trinajstić information content (AvgIpc) is 2.55. The Morgan fingerprint density at radius 1 is 1.07 bits per heavy atom. The SMILES string of the molecule is O=C(O)C1COCC1C1CCCCCC1. The summed E-state index contributed by atoms with van der Waals surface area (Å²) in [6.45, 7) is 1.10. The zero-order valence-electron chi connectivity index (χ0n) is 9.15. The molecule has 1 aliphatic heterocycles. The van der Waals surface area contributed by atoms with E-state index in [2.05, 4.69) is 0 Å². The molecule has 0 aromatic heterocycles. The van der Waals surface area contributed by atoms with Gasteiger partial charge in [-0.1, -0.05) is 38.5 Å². The molecule has 1 aliphatic carbocycles. The molecule has 0 aromatic carbocycles. The van der Waals surface area contributed by atoms with Crippen molar-refractivity contribution >= 4 is 5.97 Å². The van der Waals surface area contributed by atoms with Crippen molar-refractivity contribution in [3.63, 3.8) is 0 Å². The number of hydrogen-bond donors (Lipinski definition) is 1. The van der Waals surface area contributed by atoms with Gasteiger partial charge in [-0.25, -0.2) is 0 Å². The van der Waals surface area contributed by atoms with Crippen LogP contribution in [-0.4, -0.2) is 24.3 Å². The Bertz CT molecular complexity index is 219. The van der Waals surface area contributed by atoms with Gasteiger partial charge >= 0.3 is 5.97 Å². The van der Waals surface area contributed by atoms with Crippen LogP contribution in [0.4, 0.5) is 0 Å². The van der Waals surface area contributed by atoms with E-state index in [1.54, 1.807) is 0 Å². The Labute approximate surface area is 90.8 Å². The fourth-order valence-electron chi connectivity index (χ4n) is 3.03. The largest absolute Gasteiger partial charge is 0.481 e. The first-order chi connectivity index (χ1) is 7.29. The second-order valence-electron chi connectivity index (χ2n) is 4.90. The van der Waals surface area contributed by atoms with Crippen molar-refractivity contribution < 1.29 is 14.6 Å². The summed E-state index contributed by atoms with van der Waals surface area (Å²) in [5.74, 6) is -0.0356. The van der Waals surface area contributed by atoms with E-state index in [0.29, 0.717) is 19.1 Å². The summed E-state index contributed by atoms with van der Waals surface area (Å²) < 4.78 is 5.34. The lowest BCUT2D eigenvalue weighted by atomic mass is 9.80. The molecule has 1 N–H and O–H groups in total. The molecule has 15 heavy (non-hydrogen) atoms. The van der Waals surface area contributed by atoms with Crippen molar-refractivity contribution in [1.82, 2.24) is 0 Å². The maximum absolute atomic E-state index is 11.1. The van der Waals surface area contributed by atoms with Gasteiger partial charge < -0.3 is 9.84 Å². The van der Waals surface area contributed by atoms with Crippen molar-refractivity contribution in [3.05, 3.63) is 0 Å². The number of carbonyl (C=O) groups is 1. The normalized spacial score (nSPS) is 33.9. The Kier molecular flexibility index (Phi) is 3.62. The predicted molar refractivity (Wildman–Crippen MR) is 56.6 cm³/mol. The van der Waals surface area contributed by atoms with E-state index in [1.807, 2.05) is 0 Å². The maximum Gasteiger partial charge on any atom is 0.309 e. The Hall–Kier alpha value is -0.570. The van der Waals surface area contributed by atoms with Gasteiger partial charge in [-0.3, -0.25) is 4.79 Å². The monoisotopic (exact) mass is 212 g/mol. The number of carboxylic acids is 1. The van der Waals surface area contributed by atoms with Crippen molar-refractivity contribution in [3.8, 4) is 0 Å². The maximum atomic E-state index is 11.1. The number of ether oxygens (including phenoxy) is 1. The molecule has 86 valence electrons. The highest BCUT2D eigenvalue weighted by atomic mass is 16.5. The number of aliphatic carboxylic acids is 1. The number of carboxylic acid groups (broad SMARTS) is 1. The lowest BCUT2D eigenvalue weighted by molar-refractivity contribution is -0.143.